The number of nitrogens with one attached hydrogen (secondary N) is 1. The molecule has 0 amide bonds. The van der Waals surface area contributed by atoms with Crippen LogP contribution < -0.4 is 11.2 Å². The third kappa shape index (κ3) is 3.64. The number of halogens is 1. The molecular weight excluding hydrogens is 264 g/mol. The molecule has 0 saturated heterocycles. The molecule has 0 saturated carbocycles. The Kier molecular flexibility index (Phi) is 4.77. The Hall–Kier alpha value is -0.880. The maximum Gasteiger partial charge on any atom is 0.328 e. The van der Waals surface area contributed by atoms with Crippen LogP contribution in [0, 0.1) is 0 Å². The number of hydrogen-bond donors (Lipinski definition) is 1. The van der Waals surface area contributed by atoms with Crippen LogP contribution in [0.1, 0.15) is 13.3 Å². The van der Waals surface area contributed by atoms with E-state index in [9.17, 15) is 9.59 Å². The highest BCUT2D eigenvalue weighted by atomic mass is 79.9. The van der Waals surface area contributed by atoms with E-state index in [1.165, 1.54) is 10.8 Å². The largest absolute Gasteiger partial charge is 0.380 e. The third-order valence-electron chi connectivity index (χ3n) is 1.79. The monoisotopic (exact) mass is 276 g/mol. The predicted molar refractivity (Wildman–Crippen MR) is 60.1 cm³/mol. The molecule has 1 N–H and O–H groups in total. The van der Waals surface area contributed by atoms with Crippen LogP contribution in [0.15, 0.2) is 20.3 Å². The molecule has 84 valence electrons. The predicted octanol–water partition coefficient (Wildman–Crippen LogP) is 0.726. The number of aromatic nitrogens is 2. The standard InChI is InChI=1S/C9H13BrN2O3/c1-2-4-15-5-3-12-6-7(10)8(13)11-9(12)14/h6H,2-5H2,1H3,(H,11,13,14). The fourth-order valence-corrected chi connectivity index (χ4v) is 1.40. The lowest BCUT2D eigenvalue weighted by atomic mass is 10.5. The zero-order valence-electron chi connectivity index (χ0n) is 8.46. The topological polar surface area (TPSA) is 64.1 Å². The zero-order valence-corrected chi connectivity index (χ0v) is 10.0. The van der Waals surface area contributed by atoms with E-state index in [1.54, 1.807) is 0 Å². The van der Waals surface area contributed by atoms with Crippen molar-refractivity contribution in [3.8, 4) is 0 Å². The average molecular weight is 277 g/mol. The van der Waals surface area contributed by atoms with E-state index in [1.807, 2.05) is 6.92 Å². The number of hydrogen-bond acceptors (Lipinski definition) is 3. The Morgan fingerprint density at radius 1 is 1.47 bits per heavy atom. The smallest absolute Gasteiger partial charge is 0.328 e. The Morgan fingerprint density at radius 2 is 2.20 bits per heavy atom. The van der Waals surface area contributed by atoms with Gasteiger partial charge in [-0.25, -0.2) is 4.79 Å². The highest BCUT2D eigenvalue weighted by molar-refractivity contribution is 9.10. The van der Waals surface area contributed by atoms with Crippen LogP contribution in [-0.4, -0.2) is 22.8 Å². The van der Waals surface area contributed by atoms with Crippen LogP contribution >= 0.6 is 15.9 Å². The van der Waals surface area contributed by atoms with Crippen LogP contribution in [0.2, 0.25) is 0 Å². The summed E-state index contributed by atoms with van der Waals surface area (Å²) in [7, 11) is 0. The molecular formula is C9H13BrN2O3. The lowest BCUT2D eigenvalue weighted by Crippen LogP contribution is -2.30. The first-order valence-corrected chi connectivity index (χ1v) is 5.51. The van der Waals surface area contributed by atoms with Gasteiger partial charge in [-0.2, -0.15) is 0 Å². The molecule has 1 rings (SSSR count). The summed E-state index contributed by atoms with van der Waals surface area (Å²) in [5.41, 5.74) is -0.825. The van der Waals surface area contributed by atoms with Crippen molar-refractivity contribution in [3.63, 3.8) is 0 Å². The van der Waals surface area contributed by atoms with Crippen LogP contribution in [0.3, 0.4) is 0 Å². The average Bonchev–Trinajstić information content (AvgIpc) is 2.20. The second-order valence-corrected chi connectivity index (χ2v) is 3.90. The molecule has 5 nitrogen and oxygen atoms in total. The minimum absolute atomic E-state index is 0.345. The van der Waals surface area contributed by atoms with Gasteiger partial charge >= 0.3 is 5.69 Å². The van der Waals surface area contributed by atoms with Gasteiger partial charge in [0.05, 0.1) is 17.6 Å². The van der Waals surface area contributed by atoms with Gasteiger partial charge in [0.2, 0.25) is 0 Å². The minimum Gasteiger partial charge on any atom is -0.380 e. The molecule has 0 fully saturated rings. The van der Waals surface area contributed by atoms with Crippen molar-refractivity contribution in [2.75, 3.05) is 13.2 Å². The van der Waals surface area contributed by atoms with Gasteiger partial charge in [0, 0.05) is 12.8 Å². The summed E-state index contributed by atoms with van der Waals surface area (Å²) in [6.07, 6.45) is 2.42. The summed E-state index contributed by atoms with van der Waals surface area (Å²) >= 11 is 3.06. The molecule has 1 heterocycles. The van der Waals surface area contributed by atoms with E-state index in [0.29, 0.717) is 24.2 Å². The molecule has 0 aliphatic heterocycles. The summed E-state index contributed by atoms with van der Waals surface area (Å²) in [6, 6.07) is 0. The summed E-state index contributed by atoms with van der Waals surface area (Å²) in [4.78, 5) is 24.5. The van der Waals surface area contributed by atoms with Gasteiger partial charge in [0.1, 0.15) is 0 Å². The third-order valence-corrected chi connectivity index (χ3v) is 2.36. The normalized spacial score (nSPS) is 10.5. The molecule has 0 aliphatic carbocycles. The summed E-state index contributed by atoms with van der Waals surface area (Å²) < 4.78 is 6.99. The molecule has 15 heavy (non-hydrogen) atoms. The first-order valence-electron chi connectivity index (χ1n) is 4.72. The number of rotatable bonds is 5. The molecule has 0 aliphatic rings. The minimum atomic E-state index is -0.414. The summed E-state index contributed by atoms with van der Waals surface area (Å²) in [5, 5.41) is 0. The van der Waals surface area contributed by atoms with Crippen molar-refractivity contribution in [2.45, 2.75) is 19.9 Å². The van der Waals surface area contributed by atoms with Crippen LogP contribution in [0.5, 0.6) is 0 Å². The van der Waals surface area contributed by atoms with Crippen LogP contribution in [0.4, 0.5) is 0 Å². The molecule has 1 aromatic rings. The van der Waals surface area contributed by atoms with Crippen molar-refractivity contribution in [3.05, 3.63) is 31.5 Å². The van der Waals surface area contributed by atoms with Gasteiger partial charge in [-0.3, -0.25) is 14.3 Å². The van der Waals surface area contributed by atoms with Crippen molar-refractivity contribution in [2.24, 2.45) is 0 Å². The van der Waals surface area contributed by atoms with E-state index in [0.717, 1.165) is 6.42 Å². The lowest BCUT2D eigenvalue weighted by molar-refractivity contribution is 0.126. The molecule has 0 bridgehead atoms. The Bertz CT molecular complexity index is 424. The molecule has 0 unspecified atom stereocenters. The first kappa shape index (κ1) is 12.2. The number of aromatic amines is 1. The quantitative estimate of drug-likeness (QED) is 0.807. The van der Waals surface area contributed by atoms with Crippen molar-refractivity contribution in [1.29, 1.82) is 0 Å². The lowest BCUT2D eigenvalue weighted by Gasteiger charge is -2.05. The Morgan fingerprint density at radius 3 is 2.87 bits per heavy atom. The van der Waals surface area contributed by atoms with Crippen LogP contribution in [-0.2, 0) is 11.3 Å². The van der Waals surface area contributed by atoms with Gasteiger partial charge in [-0.05, 0) is 22.4 Å². The fraction of sp³-hybridized carbons (Fsp3) is 0.556. The summed E-state index contributed by atoms with van der Waals surface area (Å²) in [5.74, 6) is 0. The highest BCUT2D eigenvalue weighted by Crippen LogP contribution is 1.97. The maximum absolute atomic E-state index is 11.3. The first-order chi connectivity index (χ1) is 7.15. The number of nitrogens with zero attached hydrogens (tertiary/aromatic N) is 1. The van der Waals surface area contributed by atoms with Crippen molar-refractivity contribution >= 4 is 15.9 Å². The Balaban J connectivity index is 2.66. The van der Waals surface area contributed by atoms with E-state index in [-0.39, 0.29) is 0 Å². The highest BCUT2D eigenvalue weighted by Gasteiger charge is 2.01. The Labute approximate surface area is 95.2 Å². The van der Waals surface area contributed by atoms with E-state index < -0.39 is 11.2 Å². The van der Waals surface area contributed by atoms with Crippen molar-refractivity contribution in [1.82, 2.24) is 9.55 Å². The molecule has 0 radical (unpaired) electrons. The van der Waals surface area contributed by atoms with Crippen molar-refractivity contribution < 1.29 is 4.74 Å². The summed E-state index contributed by atoms with van der Waals surface area (Å²) in [6.45, 7) is 3.60. The number of H-pyrrole nitrogens is 1. The van der Waals surface area contributed by atoms with Crippen LogP contribution in [0.25, 0.3) is 0 Å². The number of ether oxygens (including phenoxy) is 1. The van der Waals surface area contributed by atoms with Gasteiger partial charge < -0.3 is 4.74 Å². The van der Waals surface area contributed by atoms with E-state index in [2.05, 4.69) is 20.9 Å². The zero-order chi connectivity index (χ0) is 11.3. The van der Waals surface area contributed by atoms with Gasteiger partial charge in [-0.15, -0.1) is 0 Å². The SMILES string of the molecule is CCCOCCn1cc(Br)c(=O)[nH]c1=O. The molecule has 0 atom stereocenters. The van der Waals surface area contributed by atoms with E-state index >= 15 is 0 Å². The molecule has 0 aromatic carbocycles. The molecule has 0 spiro atoms. The second-order valence-electron chi connectivity index (χ2n) is 3.04. The maximum atomic E-state index is 11.3. The van der Waals surface area contributed by atoms with Gasteiger partial charge in [-0.1, -0.05) is 6.92 Å². The van der Waals surface area contributed by atoms with E-state index in [4.69, 9.17) is 4.74 Å². The molecule has 6 heteroatoms. The second kappa shape index (κ2) is 5.87. The molecule has 1 aromatic heterocycles. The fourth-order valence-electron chi connectivity index (χ4n) is 1.06. The van der Waals surface area contributed by atoms with Gasteiger partial charge in [0.25, 0.3) is 5.56 Å². The van der Waals surface area contributed by atoms with Gasteiger partial charge in [0.15, 0.2) is 0 Å².